The minimum Gasteiger partial charge on any atom is -0.497 e. The third kappa shape index (κ3) is 6.40. The van der Waals surface area contributed by atoms with Gasteiger partial charge >= 0.3 is 17.9 Å². The fraction of sp³-hybridized carbons (Fsp3) is 0.547. The number of hydrogen-bond acceptors (Lipinski definition) is 13. The zero-order valence-electron chi connectivity index (χ0n) is 40.3. The van der Waals surface area contributed by atoms with E-state index in [-0.39, 0.29) is 5.92 Å². The van der Waals surface area contributed by atoms with Crippen molar-refractivity contribution in [3.8, 4) is 16.9 Å². The van der Waals surface area contributed by atoms with Gasteiger partial charge in [-0.2, -0.15) is 0 Å². The van der Waals surface area contributed by atoms with Crippen LogP contribution in [0.3, 0.4) is 0 Å². The average molecular weight is 930 g/mol. The van der Waals surface area contributed by atoms with Crippen molar-refractivity contribution in [2.75, 3.05) is 61.2 Å². The van der Waals surface area contributed by atoms with Crippen LogP contribution in [0.5, 0.6) is 5.75 Å². The molecule has 6 heterocycles. The second kappa shape index (κ2) is 16.8. The summed E-state index contributed by atoms with van der Waals surface area (Å²) < 4.78 is 29.7. The molecular weight excluding hydrogens is 865 g/mol. The molecule has 0 radical (unpaired) electrons. The predicted molar refractivity (Wildman–Crippen MR) is 255 cm³/mol. The van der Waals surface area contributed by atoms with Crippen LogP contribution in [0.2, 0.25) is 0 Å². The number of ether oxygens (including phenoxy) is 5. The number of allylic oxidation sites excluding steroid dienone is 1. The van der Waals surface area contributed by atoms with Crippen LogP contribution in [0, 0.1) is 28.1 Å². The van der Waals surface area contributed by atoms with Crippen LogP contribution in [-0.4, -0.2) is 153 Å². The van der Waals surface area contributed by atoms with E-state index in [1.165, 1.54) is 26.0 Å². The first-order valence-electron chi connectivity index (χ1n) is 24.3. The van der Waals surface area contributed by atoms with Gasteiger partial charge in [0.25, 0.3) is 0 Å². The van der Waals surface area contributed by atoms with Gasteiger partial charge in [0.2, 0.25) is 12.0 Å². The summed E-state index contributed by atoms with van der Waals surface area (Å²) in [6.07, 6.45) is 9.30. The van der Waals surface area contributed by atoms with Crippen LogP contribution in [0.4, 0.5) is 0 Å². The van der Waals surface area contributed by atoms with E-state index in [9.17, 15) is 24.6 Å². The number of piperidine rings is 1. The molecule has 2 aromatic rings. The van der Waals surface area contributed by atoms with Crippen molar-refractivity contribution in [3.63, 3.8) is 0 Å². The molecule has 8 aliphatic rings. The molecule has 6 aliphatic heterocycles. The molecule has 2 aromatic carbocycles. The van der Waals surface area contributed by atoms with Crippen LogP contribution in [0.15, 0.2) is 83.5 Å². The van der Waals surface area contributed by atoms with E-state index >= 15 is 4.79 Å². The number of carbonyl (C=O) groups excluding carboxylic acids is 4. The van der Waals surface area contributed by atoms with E-state index in [0.29, 0.717) is 90.6 Å². The van der Waals surface area contributed by atoms with Gasteiger partial charge in [0, 0.05) is 68.7 Å². The Balaban J connectivity index is 1.23. The average Bonchev–Trinajstić information content (AvgIpc) is 4.02. The molecule has 2 N–H and O–H groups in total. The summed E-state index contributed by atoms with van der Waals surface area (Å²) in [6, 6.07) is 12.8. The first-order valence-corrected chi connectivity index (χ1v) is 24.3. The largest absolute Gasteiger partial charge is 0.497 e. The van der Waals surface area contributed by atoms with Gasteiger partial charge in [-0.05, 0) is 103 Å². The lowest BCUT2D eigenvalue weighted by Gasteiger charge is -2.63. The second-order valence-electron chi connectivity index (χ2n) is 20.7. The van der Waals surface area contributed by atoms with Crippen molar-refractivity contribution in [2.45, 2.75) is 94.8 Å². The number of amides is 1. The highest BCUT2D eigenvalue weighted by Gasteiger charge is 2.82. The van der Waals surface area contributed by atoms with Crippen molar-refractivity contribution in [1.82, 2.24) is 14.7 Å². The number of benzene rings is 2. The van der Waals surface area contributed by atoms with Gasteiger partial charge in [-0.1, -0.05) is 67.3 Å². The molecule has 15 heteroatoms. The summed E-state index contributed by atoms with van der Waals surface area (Å²) >= 11 is 0. The van der Waals surface area contributed by atoms with Crippen LogP contribution in [0.1, 0.15) is 64.9 Å². The molecule has 68 heavy (non-hydrogen) atoms. The Hall–Kier alpha value is -5.06. The number of hydrogen-bond donors (Lipinski definition) is 2. The quantitative estimate of drug-likeness (QED) is 0.117. The van der Waals surface area contributed by atoms with E-state index in [0.717, 1.165) is 44.5 Å². The Morgan fingerprint density at radius 2 is 1.66 bits per heavy atom. The number of fused-ring (bicyclic) bond motifs is 5. The lowest BCUT2D eigenvalue weighted by atomic mass is 9.46. The van der Waals surface area contributed by atoms with E-state index in [2.05, 4.69) is 34.1 Å². The predicted octanol–water partition coefficient (Wildman–Crippen LogP) is 3.74. The van der Waals surface area contributed by atoms with Gasteiger partial charge in [-0.15, -0.1) is 0 Å². The van der Waals surface area contributed by atoms with Crippen LogP contribution >= 0.6 is 0 Å². The molecule has 0 aromatic heterocycles. The second-order valence-corrected chi connectivity index (χ2v) is 20.7. The molecule has 2 aliphatic carbocycles. The topological polar surface area (TPSA) is 165 Å². The van der Waals surface area contributed by atoms with Gasteiger partial charge in [0.1, 0.15) is 5.75 Å². The molecule has 12 atom stereocenters. The molecular formula is C53H64BN3O11. The summed E-state index contributed by atoms with van der Waals surface area (Å²) in [7, 11) is 6.37. The Kier molecular flexibility index (Phi) is 11.5. The Morgan fingerprint density at radius 3 is 2.32 bits per heavy atom. The minimum absolute atomic E-state index is 0.123. The summed E-state index contributed by atoms with van der Waals surface area (Å²) in [6.45, 7) is 8.27. The zero-order valence-corrected chi connectivity index (χ0v) is 40.3. The van der Waals surface area contributed by atoms with E-state index < -0.39 is 75.6 Å². The number of esters is 3. The molecule has 2 bridgehead atoms. The number of nitrogens with zero attached hydrogens (tertiary/aromatic N) is 3. The minimum atomic E-state index is -2.53. The Labute approximate surface area is 399 Å². The summed E-state index contributed by atoms with van der Waals surface area (Å²) in [4.78, 5) is 63.4. The van der Waals surface area contributed by atoms with Crippen molar-refractivity contribution in [1.29, 1.82) is 0 Å². The fourth-order valence-electron chi connectivity index (χ4n) is 15.2. The highest BCUT2D eigenvalue weighted by molar-refractivity contribution is 6.67. The third-order valence-electron chi connectivity index (χ3n) is 17.8. The first kappa shape index (κ1) is 46.7. The number of carbonyl (C=O) groups is 4. The maximum absolute atomic E-state index is 15.7. The van der Waals surface area contributed by atoms with Gasteiger partial charge in [-0.3, -0.25) is 24.2 Å². The summed E-state index contributed by atoms with van der Waals surface area (Å²) in [5.41, 5.74) is 0.411. The standard InChI is InChI=1S/C53H64BN3O11/c1-8-49(62)26-32-27-52(47(60)66-6,43-36(17-21-55(28-32)29-49)37-23-34(13-16-40(37)54-43)33-11-14-35(64-4)15-12-33)39-24-38-41(25-42(39)65-5)57(30-58)45-51(38)19-22-56-20-10-18-50(9-2,44(51)56)46(68-31(3)59)53(45,63)48(61)67-7/h10-16,18,23-25,30,32,39,42,44-46,54,62-63H,8-9,17,19-22,26-29H2,1-7H3/t32-,39?,42?,44+,45-,46-,49+,50-,51-,52+,53+/m1/s1. The number of methoxy groups -OCH3 is 4. The maximum atomic E-state index is 15.7. The van der Waals surface area contributed by atoms with Crippen molar-refractivity contribution >= 4 is 42.6 Å². The lowest BCUT2D eigenvalue weighted by molar-refractivity contribution is -0.242. The molecule has 14 nitrogen and oxygen atoms in total. The monoisotopic (exact) mass is 929 g/mol. The Morgan fingerprint density at radius 1 is 0.912 bits per heavy atom. The lowest BCUT2D eigenvalue weighted by Crippen LogP contribution is -2.80. The normalized spacial score (nSPS) is 37.6. The molecule has 360 valence electrons. The molecule has 1 spiro atoms. The van der Waals surface area contributed by atoms with Crippen molar-refractivity contribution in [3.05, 3.63) is 89.1 Å². The number of likely N-dealkylation sites (tertiary alicyclic amines) is 1. The molecule has 4 fully saturated rings. The molecule has 1 saturated carbocycles. The summed E-state index contributed by atoms with van der Waals surface area (Å²) in [5.74, 6) is -2.17. The van der Waals surface area contributed by atoms with Gasteiger partial charge in [-0.25, -0.2) is 4.79 Å². The highest BCUT2D eigenvalue weighted by Crippen LogP contribution is 2.70. The van der Waals surface area contributed by atoms with Gasteiger partial charge in [0.05, 0.1) is 44.5 Å². The van der Waals surface area contributed by atoms with E-state index in [1.54, 1.807) is 14.2 Å². The van der Waals surface area contributed by atoms with Gasteiger partial charge in [0.15, 0.2) is 13.4 Å². The van der Waals surface area contributed by atoms with E-state index in [4.69, 9.17) is 23.7 Å². The molecule has 1 amide bonds. The van der Waals surface area contributed by atoms with Crippen molar-refractivity contribution in [2.24, 2.45) is 28.1 Å². The maximum Gasteiger partial charge on any atom is 0.344 e. The van der Waals surface area contributed by atoms with Crippen LogP contribution in [0.25, 0.3) is 16.7 Å². The Bertz CT molecular complexity index is 2560. The third-order valence-corrected chi connectivity index (χ3v) is 17.8. The highest BCUT2D eigenvalue weighted by atomic mass is 16.6. The SMILES string of the molecule is CC[C@]1(O)C[C@H]2CN(CCC3=C(Bc4ccc(-c5ccc(OC)cc5)cc43)[C@@](C(=O)OC)(C3C=C4C(=CC3OC)N(C=O)[C@H]3[C@@](O)(C(=O)OC)[C@H](OC(C)=O)[C@]5(CC)C=CCN6CC[C@]43[C@@H]65)C2)C1. The first-order chi connectivity index (χ1) is 32.7. The smallest absolute Gasteiger partial charge is 0.344 e. The summed E-state index contributed by atoms with van der Waals surface area (Å²) in [5, 5.41) is 25.6. The van der Waals surface area contributed by atoms with Gasteiger partial charge < -0.3 is 38.8 Å². The molecule has 3 saturated heterocycles. The van der Waals surface area contributed by atoms with Crippen molar-refractivity contribution < 1.29 is 53.1 Å². The van der Waals surface area contributed by atoms with Crippen LogP contribution < -0.4 is 10.2 Å². The zero-order chi connectivity index (χ0) is 48.1. The molecule has 3 unspecified atom stereocenters. The van der Waals surface area contributed by atoms with Crippen LogP contribution in [-0.2, 0) is 38.1 Å². The number of aliphatic hydroxyl groups is 2. The number of rotatable bonds is 10. The van der Waals surface area contributed by atoms with E-state index in [1.807, 2.05) is 56.3 Å². The fourth-order valence-corrected chi connectivity index (χ4v) is 15.2. The molecule has 10 rings (SSSR count).